The molecule has 0 aliphatic carbocycles. The lowest BCUT2D eigenvalue weighted by atomic mass is 9.93. The molecular weight excluding hydrogens is 256 g/mol. The summed E-state index contributed by atoms with van der Waals surface area (Å²) in [6.07, 6.45) is 4.17. The van der Waals surface area contributed by atoms with E-state index >= 15 is 0 Å². The molecule has 4 heteroatoms. The molecule has 1 aromatic rings. The third-order valence-electron chi connectivity index (χ3n) is 4.15. The number of carbonyl (C=O) groups excluding carboxylic acids is 1. The van der Waals surface area contributed by atoms with Crippen LogP contribution in [0.3, 0.4) is 0 Å². The van der Waals surface area contributed by atoms with E-state index in [4.69, 9.17) is 0 Å². The lowest BCUT2D eigenvalue weighted by Crippen LogP contribution is -2.31. The average Bonchev–Trinajstić information content (AvgIpc) is 2.98. The number of thiophene rings is 1. The van der Waals surface area contributed by atoms with Crippen LogP contribution in [-0.4, -0.2) is 30.9 Å². The van der Waals surface area contributed by atoms with Gasteiger partial charge in [0.2, 0.25) is 5.91 Å². The van der Waals surface area contributed by atoms with Crippen LogP contribution in [-0.2, 0) is 4.79 Å². The van der Waals surface area contributed by atoms with Crippen LogP contribution in [0.2, 0.25) is 0 Å². The molecule has 1 aliphatic rings. The van der Waals surface area contributed by atoms with E-state index in [9.17, 15) is 4.79 Å². The van der Waals surface area contributed by atoms with Gasteiger partial charge in [-0.2, -0.15) is 0 Å². The molecule has 1 N–H and O–H groups in total. The van der Waals surface area contributed by atoms with Crippen LogP contribution in [0.25, 0.3) is 0 Å². The van der Waals surface area contributed by atoms with Crippen LogP contribution < -0.4 is 5.32 Å². The minimum atomic E-state index is 0.195. The maximum absolute atomic E-state index is 12.2. The second-order valence-corrected chi connectivity index (χ2v) is 6.41. The summed E-state index contributed by atoms with van der Waals surface area (Å²) >= 11 is 1.72. The number of piperidine rings is 1. The predicted molar refractivity (Wildman–Crippen MR) is 80.3 cm³/mol. The zero-order chi connectivity index (χ0) is 13.7. The van der Waals surface area contributed by atoms with E-state index in [-0.39, 0.29) is 11.9 Å². The van der Waals surface area contributed by atoms with Crippen LogP contribution >= 0.6 is 11.3 Å². The molecule has 1 aliphatic heterocycles. The fourth-order valence-electron chi connectivity index (χ4n) is 2.61. The molecular formula is C15H24N2OS. The first kappa shape index (κ1) is 14.5. The van der Waals surface area contributed by atoms with E-state index in [1.54, 1.807) is 11.3 Å². The van der Waals surface area contributed by atoms with Gasteiger partial charge in [0.1, 0.15) is 0 Å². The number of carbonyl (C=O) groups is 1. The van der Waals surface area contributed by atoms with E-state index in [1.165, 1.54) is 17.7 Å². The highest BCUT2D eigenvalue weighted by molar-refractivity contribution is 7.10. The molecule has 1 amide bonds. The van der Waals surface area contributed by atoms with Crippen molar-refractivity contribution < 1.29 is 4.79 Å². The van der Waals surface area contributed by atoms with Crippen LogP contribution in [0.15, 0.2) is 17.5 Å². The molecule has 0 aromatic carbocycles. The Labute approximate surface area is 120 Å². The van der Waals surface area contributed by atoms with Crippen molar-refractivity contribution in [2.45, 2.75) is 38.6 Å². The van der Waals surface area contributed by atoms with Crippen molar-refractivity contribution in [1.82, 2.24) is 10.2 Å². The summed E-state index contributed by atoms with van der Waals surface area (Å²) in [5.74, 6) is 1.01. The van der Waals surface area contributed by atoms with Crippen molar-refractivity contribution in [2.75, 3.05) is 20.1 Å². The third-order valence-corrected chi connectivity index (χ3v) is 5.20. The molecule has 1 saturated heterocycles. The predicted octanol–water partition coefficient (Wildman–Crippen LogP) is 3.05. The van der Waals surface area contributed by atoms with E-state index in [2.05, 4.69) is 23.7 Å². The Morgan fingerprint density at radius 1 is 1.53 bits per heavy atom. The largest absolute Gasteiger partial charge is 0.338 e. The lowest BCUT2D eigenvalue weighted by molar-refractivity contribution is -0.132. The van der Waals surface area contributed by atoms with Gasteiger partial charge in [-0.05, 0) is 56.6 Å². The SMILES string of the molecule is CC(c1cccs1)N(C)C(=O)CCC1CCNCC1. The number of nitrogens with one attached hydrogen (secondary N) is 1. The van der Waals surface area contributed by atoms with E-state index < -0.39 is 0 Å². The van der Waals surface area contributed by atoms with Crippen molar-refractivity contribution in [3.05, 3.63) is 22.4 Å². The molecule has 19 heavy (non-hydrogen) atoms. The summed E-state index contributed by atoms with van der Waals surface area (Å²) in [6, 6.07) is 4.34. The summed E-state index contributed by atoms with van der Waals surface area (Å²) in [6.45, 7) is 4.33. The minimum Gasteiger partial charge on any atom is -0.338 e. The van der Waals surface area contributed by atoms with Gasteiger partial charge in [0.05, 0.1) is 6.04 Å². The Morgan fingerprint density at radius 3 is 2.89 bits per heavy atom. The second kappa shape index (κ2) is 7.06. The van der Waals surface area contributed by atoms with Gasteiger partial charge in [-0.1, -0.05) is 6.07 Å². The quantitative estimate of drug-likeness (QED) is 0.899. The molecule has 2 heterocycles. The first-order chi connectivity index (χ1) is 9.18. The Kier molecular flexibility index (Phi) is 5.40. The highest BCUT2D eigenvalue weighted by Gasteiger charge is 2.20. The average molecular weight is 280 g/mol. The van der Waals surface area contributed by atoms with E-state index in [0.29, 0.717) is 6.42 Å². The lowest BCUT2D eigenvalue weighted by Gasteiger charge is -2.26. The van der Waals surface area contributed by atoms with Gasteiger partial charge in [-0.3, -0.25) is 4.79 Å². The van der Waals surface area contributed by atoms with Gasteiger partial charge < -0.3 is 10.2 Å². The normalized spacial score (nSPS) is 18.2. The summed E-state index contributed by atoms with van der Waals surface area (Å²) in [7, 11) is 1.93. The van der Waals surface area contributed by atoms with Gasteiger partial charge in [0.25, 0.3) is 0 Å². The number of hydrogen-bond donors (Lipinski definition) is 1. The number of rotatable bonds is 5. The molecule has 0 saturated carbocycles. The fraction of sp³-hybridized carbons (Fsp3) is 0.667. The van der Waals surface area contributed by atoms with Crippen LogP contribution in [0, 0.1) is 5.92 Å². The van der Waals surface area contributed by atoms with Gasteiger partial charge in [0.15, 0.2) is 0 Å². The minimum absolute atomic E-state index is 0.195. The number of hydrogen-bond acceptors (Lipinski definition) is 3. The van der Waals surface area contributed by atoms with Gasteiger partial charge in [0, 0.05) is 18.3 Å². The first-order valence-electron chi connectivity index (χ1n) is 7.18. The highest BCUT2D eigenvalue weighted by atomic mass is 32.1. The third kappa shape index (κ3) is 4.05. The van der Waals surface area contributed by atoms with Crippen molar-refractivity contribution >= 4 is 17.2 Å². The number of nitrogens with zero attached hydrogens (tertiary/aromatic N) is 1. The Morgan fingerprint density at radius 2 is 2.26 bits per heavy atom. The van der Waals surface area contributed by atoms with Crippen molar-refractivity contribution in [3.63, 3.8) is 0 Å². The summed E-state index contributed by atoms with van der Waals surface area (Å²) in [5, 5.41) is 5.44. The van der Waals surface area contributed by atoms with Crippen LogP contribution in [0.4, 0.5) is 0 Å². The zero-order valence-corrected chi connectivity index (χ0v) is 12.7. The van der Waals surface area contributed by atoms with Gasteiger partial charge in [-0.25, -0.2) is 0 Å². The zero-order valence-electron chi connectivity index (χ0n) is 11.9. The maximum Gasteiger partial charge on any atom is 0.222 e. The molecule has 1 unspecified atom stereocenters. The van der Waals surface area contributed by atoms with Crippen molar-refractivity contribution in [3.8, 4) is 0 Å². The van der Waals surface area contributed by atoms with Crippen molar-refractivity contribution in [2.24, 2.45) is 5.92 Å². The van der Waals surface area contributed by atoms with Gasteiger partial charge >= 0.3 is 0 Å². The first-order valence-corrected chi connectivity index (χ1v) is 8.06. The summed E-state index contributed by atoms with van der Waals surface area (Å²) < 4.78 is 0. The Balaban J connectivity index is 1.78. The van der Waals surface area contributed by atoms with Crippen LogP contribution in [0.1, 0.15) is 43.5 Å². The molecule has 3 nitrogen and oxygen atoms in total. The summed E-state index contributed by atoms with van der Waals surface area (Å²) in [5.41, 5.74) is 0. The smallest absolute Gasteiger partial charge is 0.222 e. The molecule has 1 aromatic heterocycles. The van der Waals surface area contributed by atoms with Gasteiger partial charge in [-0.15, -0.1) is 11.3 Å². The second-order valence-electron chi connectivity index (χ2n) is 5.43. The molecule has 0 spiro atoms. The Bertz CT molecular complexity index is 385. The van der Waals surface area contributed by atoms with E-state index in [0.717, 1.165) is 25.4 Å². The van der Waals surface area contributed by atoms with E-state index in [1.807, 2.05) is 18.0 Å². The van der Waals surface area contributed by atoms with Crippen molar-refractivity contribution in [1.29, 1.82) is 0 Å². The Hall–Kier alpha value is -0.870. The fourth-order valence-corrected chi connectivity index (χ4v) is 3.44. The number of amides is 1. The topological polar surface area (TPSA) is 32.3 Å². The van der Waals surface area contributed by atoms with Crippen LogP contribution in [0.5, 0.6) is 0 Å². The molecule has 0 radical (unpaired) electrons. The molecule has 1 fully saturated rings. The molecule has 0 bridgehead atoms. The maximum atomic E-state index is 12.2. The molecule has 106 valence electrons. The highest BCUT2D eigenvalue weighted by Crippen LogP contribution is 2.25. The molecule has 2 rings (SSSR count). The summed E-state index contributed by atoms with van der Waals surface area (Å²) in [4.78, 5) is 15.4. The standard InChI is InChI=1S/C15H24N2OS/c1-12(14-4-3-11-19-14)17(2)15(18)6-5-13-7-9-16-10-8-13/h3-4,11-13,16H,5-10H2,1-2H3. The monoisotopic (exact) mass is 280 g/mol. The molecule has 1 atom stereocenters.